The maximum atomic E-state index is 13.9. The van der Waals surface area contributed by atoms with E-state index in [1.165, 1.54) is 20.4 Å². The molecule has 3 saturated heterocycles. The van der Waals surface area contributed by atoms with Crippen molar-refractivity contribution in [1.29, 1.82) is 5.26 Å². The van der Waals surface area contributed by atoms with Gasteiger partial charge in [-0.15, -0.1) is 0 Å². The molecule has 342 valence electrons. The van der Waals surface area contributed by atoms with E-state index in [9.17, 15) is 34.8 Å². The Morgan fingerprint density at radius 2 is 1.79 bits per heavy atom. The van der Waals surface area contributed by atoms with E-state index in [0.29, 0.717) is 41.4 Å². The van der Waals surface area contributed by atoms with Crippen LogP contribution in [0, 0.1) is 17.2 Å². The lowest BCUT2D eigenvalue weighted by molar-refractivity contribution is -0.340. The number of likely N-dealkylation sites (tertiary alicyclic amines) is 1. The van der Waals surface area contributed by atoms with Crippen LogP contribution in [0.25, 0.3) is 11.0 Å². The summed E-state index contributed by atoms with van der Waals surface area (Å²) in [6.45, 7) is 7.08. The van der Waals surface area contributed by atoms with Crippen LogP contribution >= 0.6 is 12.2 Å². The summed E-state index contributed by atoms with van der Waals surface area (Å²) < 4.78 is 36.4. The van der Waals surface area contributed by atoms with Crippen LogP contribution in [0.2, 0.25) is 0 Å². The van der Waals surface area contributed by atoms with E-state index in [1.54, 1.807) is 53.8 Å². The third-order valence-electron chi connectivity index (χ3n) is 11.3. The topological polar surface area (TPSA) is 273 Å². The first-order chi connectivity index (χ1) is 30.1. The molecule has 21 nitrogen and oxygen atoms in total. The number of aliphatic hydroxyl groups is 4. The highest BCUT2D eigenvalue weighted by atomic mass is 32.1. The number of hydrogen-bond acceptors (Lipinski definition) is 18. The zero-order valence-corrected chi connectivity index (χ0v) is 36.5. The van der Waals surface area contributed by atoms with Crippen LogP contribution in [0.15, 0.2) is 42.9 Å². The molecule has 6 rings (SSSR count). The van der Waals surface area contributed by atoms with E-state index < -0.39 is 85.9 Å². The molecule has 22 heteroatoms. The summed E-state index contributed by atoms with van der Waals surface area (Å²) in [5.74, 6) is -0.295. The maximum Gasteiger partial charge on any atom is 0.274 e. The van der Waals surface area contributed by atoms with Gasteiger partial charge in [0, 0.05) is 46.1 Å². The molecule has 3 fully saturated rings. The van der Waals surface area contributed by atoms with Crippen molar-refractivity contribution >= 4 is 57.7 Å². The number of aliphatic hydroxyl groups excluding tert-OH is 4. The monoisotopic (exact) mass is 898 g/mol. The summed E-state index contributed by atoms with van der Waals surface area (Å²) >= 11 is 5.67. The molecule has 63 heavy (non-hydrogen) atoms. The van der Waals surface area contributed by atoms with Gasteiger partial charge in [-0.1, -0.05) is 6.92 Å². The van der Waals surface area contributed by atoms with Crippen LogP contribution < -0.4 is 20.3 Å². The molecule has 1 aromatic carbocycles. The molecule has 5 heterocycles. The largest absolute Gasteiger partial charge is 0.431 e. The molecule has 3 aromatic rings. The zero-order chi connectivity index (χ0) is 45.7. The number of carbonyl (C=O) groups excluding carboxylic acids is 3. The molecule has 0 saturated carbocycles. The zero-order valence-electron chi connectivity index (χ0n) is 35.6. The standard InChI is InChI=1S/C41H54N8O13S/c1-20(2)58-34-31(54)32(55)40(61-33-29(45-22(4)51)39(57-6)60-27(18-50)30(33)53)62-35(34)38(56)46-23-7-9-24(10-8-23)59-41(63)49-16-13-25-36(43-19-44-37(25)49)47(5)26-17-48(15-12-21(26)3)28(52)11-14-42/h7-10,13,16,19-21,26-27,29-35,39-40,50,53-55H,11-12,15,17-18H2,1-6H3,(H,45,51)(H,46,56)/t21-,26+,27?,29?,30-,31?,32?,33?,34+,35?,39-,40-/m1/s1. The Bertz CT molecular complexity index is 2140. The van der Waals surface area contributed by atoms with E-state index in [2.05, 4.69) is 27.5 Å². The van der Waals surface area contributed by atoms with Crippen LogP contribution in [0.5, 0.6) is 5.75 Å². The minimum Gasteiger partial charge on any atom is -0.431 e. The Labute approximate surface area is 368 Å². The summed E-state index contributed by atoms with van der Waals surface area (Å²) in [6, 6.07) is 8.77. The fourth-order valence-electron chi connectivity index (χ4n) is 8.05. The lowest BCUT2D eigenvalue weighted by Gasteiger charge is -2.47. The average molecular weight is 899 g/mol. The second kappa shape index (κ2) is 20.7. The van der Waals surface area contributed by atoms with Gasteiger partial charge < -0.3 is 69.3 Å². The molecule has 0 spiro atoms. The second-order valence-corrected chi connectivity index (χ2v) is 16.3. The minimum atomic E-state index is -1.80. The van der Waals surface area contributed by atoms with Gasteiger partial charge in [-0.3, -0.25) is 19.0 Å². The van der Waals surface area contributed by atoms with Crippen LogP contribution in [0.3, 0.4) is 0 Å². The quantitative estimate of drug-likeness (QED) is 0.124. The second-order valence-electron chi connectivity index (χ2n) is 16.0. The normalized spacial score (nSPS) is 29.8. The number of carbonyl (C=O) groups is 3. The Morgan fingerprint density at radius 1 is 1.06 bits per heavy atom. The van der Waals surface area contributed by atoms with Crippen molar-refractivity contribution in [2.45, 2.75) is 114 Å². The smallest absolute Gasteiger partial charge is 0.274 e. The van der Waals surface area contributed by atoms with Gasteiger partial charge >= 0.3 is 0 Å². The number of piperidine rings is 1. The summed E-state index contributed by atoms with van der Waals surface area (Å²) in [5, 5.41) is 58.5. The van der Waals surface area contributed by atoms with Crippen molar-refractivity contribution in [3.63, 3.8) is 0 Å². The summed E-state index contributed by atoms with van der Waals surface area (Å²) in [7, 11) is 3.20. The number of aromatic nitrogens is 3. The number of methoxy groups -OCH3 is 1. The molecule has 6 N–H and O–H groups in total. The minimum absolute atomic E-state index is 0.0498. The van der Waals surface area contributed by atoms with E-state index >= 15 is 0 Å². The lowest BCUT2D eigenvalue weighted by Crippen LogP contribution is -2.68. The van der Waals surface area contributed by atoms with Crippen LogP contribution in [-0.2, 0) is 38.1 Å². The fraction of sp³-hybridized carbons (Fsp3) is 0.585. The highest BCUT2D eigenvalue weighted by Gasteiger charge is 2.53. The van der Waals surface area contributed by atoms with Crippen molar-refractivity contribution in [3.8, 4) is 11.8 Å². The Kier molecular flexibility index (Phi) is 15.6. The van der Waals surface area contributed by atoms with Crippen LogP contribution in [0.4, 0.5) is 11.5 Å². The lowest BCUT2D eigenvalue weighted by atomic mass is 9.92. The number of nitrogens with zero attached hydrogens (tertiary/aromatic N) is 6. The van der Waals surface area contributed by atoms with Gasteiger partial charge in [-0.25, -0.2) is 9.97 Å². The number of nitriles is 1. The maximum absolute atomic E-state index is 13.9. The molecular weight excluding hydrogens is 845 g/mol. The summed E-state index contributed by atoms with van der Waals surface area (Å²) in [4.78, 5) is 51.3. The Hall–Kier alpha value is -4.93. The van der Waals surface area contributed by atoms with Crippen molar-refractivity contribution in [1.82, 2.24) is 24.8 Å². The van der Waals surface area contributed by atoms with Gasteiger partial charge in [0.25, 0.3) is 11.1 Å². The van der Waals surface area contributed by atoms with Crippen molar-refractivity contribution in [2.24, 2.45) is 5.92 Å². The number of nitrogens with one attached hydrogen (secondary N) is 2. The molecule has 12 atom stereocenters. The molecule has 3 aliphatic heterocycles. The van der Waals surface area contributed by atoms with E-state index in [0.717, 1.165) is 6.42 Å². The number of thiocarbonyl (C=S) groups is 1. The molecule has 0 bridgehead atoms. The molecule has 3 aliphatic rings. The van der Waals surface area contributed by atoms with E-state index in [-0.39, 0.29) is 29.5 Å². The summed E-state index contributed by atoms with van der Waals surface area (Å²) in [6.07, 6.45) is -10.4. The molecule has 0 aliphatic carbocycles. The van der Waals surface area contributed by atoms with Gasteiger partial charge in [0.2, 0.25) is 11.8 Å². The number of hydrogen-bond donors (Lipinski definition) is 6. The number of amides is 3. The SMILES string of the molecule is CO[C@@H]1OC(CO)[C@@H](O)C(O[C@@H]2OC(C(=O)Nc3ccc(OC(=S)n4ccc5c(N(C)[C@H]6CN(C(=O)CC#N)CC[C@H]6C)ncnc54)cc3)[C@@H](OC(C)C)C(O)C2O)C1NC(C)=O. The predicted molar refractivity (Wildman–Crippen MR) is 226 cm³/mol. The fourth-order valence-corrected chi connectivity index (χ4v) is 8.30. The number of ether oxygens (including phenoxy) is 6. The number of fused-ring (bicyclic) bond motifs is 1. The van der Waals surface area contributed by atoms with Gasteiger partial charge in [-0.05, 0) is 68.7 Å². The number of rotatable bonds is 13. The van der Waals surface area contributed by atoms with Gasteiger partial charge in [0.05, 0.1) is 30.2 Å². The van der Waals surface area contributed by atoms with E-state index in [4.69, 9.17) is 45.9 Å². The van der Waals surface area contributed by atoms with Crippen molar-refractivity contribution < 1.29 is 63.2 Å². The Balaban J connectivity index is 1.14. The van der Waals surface area contributed by atoms with Crippen LogP contribution in [0.1, 0.15) is 40.5 Å². The highest BCUT2D eigenvalue weighted by Crippen LogP contribution is 2.33. The first-order valence-electron chi connectivity index (χ1n) is 20.5. The van der Waals surface area contributed by atoms with Crippen molar-refractivity contribution in [2.75, 3.05) is 44.1 Å². The van der Waals surface area contributed by atoms with Crippen LogP contribution in [-0.4, -0.2) is 170 Å². The molecule has 2 aromatic heterocycles. The average Bonchev–Trinajstić information content (AvgIpc) is 3.70. The molecule has 6 unspecified atom stereocenters. The first-order valence-corrected chi connectivity index (χ1v) is 20.9. The summed E-state index contributed by atoms with van der Waals surface area (Å²) in [5.41, 5.74) is 0.782. The number of benzene rings is 1. The predicted octanol–water partition coefficient (Wildman–Crippen LogP) is 0.0234. The first kappa shape index (κ1) is 47.5. The highest BCUT2D eigenvalue weighted by molar-refractivity contribution is 7.80. The van der Waals surface area contributed by atoms with E-state index in [1.807, 2.05) is 24.1 Å². The third kappa shape index (κ3) is 10.6. The molecule has 0 radical (unpaired) electrons. The third-order valence-corrected chi connectivity index (χ3v) is 11.6. The van der Waals surface area contributed by atoms with Gasteiger partial charge in [-0.2, -0.15) is 5.26 Å². The van der Waals surface area contributed by atoms with Crippen molar-refractivity contribution in [3.05, 3.63) is 42.9 Å². The van der Waals surface area contributed by atoms with Gasteiger partial charge in [0.15, 0.2) is 24.3 Å². The Morgan fingerprint density at radius 3 is 2.44 bits per heavy atom. The number of likely N-dealkylation sites (N-methyl/N-ethyl adjacent to an activating group) is 1. The number of anilines is 2. The molecular formula is C41H54N8O13S. The van der Waals surface area contributed by atoms with Gasteiger partial charge in [0.1, 0.15) is 67.0 Å². The molecule has 3 amide bonds.